The fourth-order valence-corrected chi connectivity index (χ4v) is 2.24. The van der Waals surface area contributed by atoms with E-state index in [1.165, 1.54) is 12.3 Å². The second-order valence-electron chi connectivity index (χ2n) is 5.45. The van der Waals surface area contributed by atoms with Crippen LogP contribution < -0.4 is 21.3 Å². The van der Waals surface area contributed by atoms with Crippen LogP contribution in [0.4, 0.5) is 22.7 Å². The predicted molar refractivity (Wildman–Crippen MR) is 103 cm³/mol. The minimum atomic E-state index is -0.564. The first-order chi connectivity index (χ1) is 11.9. The van der Waals surface area contributed by atoms with Crippen LogP contribution in [0.25, 0.3) is 0 Å². The highest BCUT2D eigenvalue weighted by Crippen LogP contribution is 2.24. The molecule has 0 aromatic heterocycles. The SMILES string of the molecule is CN(C)c1cccc(N/C=C(/C#N)C(=O)Nc2ccc(N)cc2Cl)c1. The Kier molecular flexibility index (Phi) is 5.88. The normalized spacial score (nSPS) is 10.7. The van der Waals surface area contributed by atoms with Gasteiger partial charge in [-0.05, 0) is 36.4 Å². The van der Waals surface area contributed by atoms with Crippen molar-refractivity contribution in [1.29, 1.82) is 5.26 Å². The maximum atomic E-state index is 12.2. The summed E-state index contributed by atoms with van der Waals surface area (Å²) >= 11 is 6.02. The van der Waals surface area contributed by atoms with Crippen molar-refractivity contribution in [2.45, 2.75) is 0 Å². The van der Waals surface area contributed by atoms with E-state index in [4.69, 9.17) is 17.3 Å². The van der Waals surface area contributed by atoms with Gasteiger partial charge in [0, 0.05) is 37.4 Å². The molecular weight excluding hydrogens is 338 g/mol. The number of nitrogen functional groups attached to an aromatic ring is 1. The van der Waals surface area contributed by atoms with Gasteiger partial charge in [-0.25, -0.2) is 0 Å². The van der Waals surface area contributed by atoms with Crippen molar-refractivity contribution in [2.75, 3.05) is 35.4 Å². The van der Waals surface area contributed by atoms with E-state index < -0.39 is 5.91 Å². The second kappa shape index (κ2) is 8.08. The number of carbonyl (C=O) groups excluding carboxylic acids is 1. The molecule has 0 saturated heterocycles. The maximum Gasteiger partial charge on any atom is 0.267 e. The van der Waals surface area contributed by atoms with Crippen LogP contribution in [0.15, 0.2) is 54.2 Å². The number of nitrogens with zero attached hydrogens (tertiary/aromatic N) is 2. The van der Waals surface area contributed by atoms with E-state index >= 15 is 0 Å². The number of halogens is 1. The van der Waals surface area contributed by atoms with Gasteiger partial charge >= 0.3 is 0 Å². The van der Waals surface area contributed by atoms with Crippen molar-refractivity contribution in [2.24, 2.45) is 0 Å². The summed E-state index contributed by atoms with van der Waals surface area (Å²) in [6, 6.07) is 14.2. The molecule has 0 aliphatic carbocycles. The summed E-state index contributed by atoms with van der Waals surface area (Å²) in [7, 11) is 3.86. The number of rotatable bonds is 5. The highest BCUT2D eigenvalue weighted by Gasteiger charge is 2.11. The quantitative estimate of drug-likeness (QED) is 0.434. The smallest absolute Gasteiger partial charge is 0.267 e. The summed E-state index contributed by atoms with van der Waals surface area (Å²) in [5, 5.41) is 15.1. The number of benzene rings is 2. The summed E-state index contributed by atoms with van der Waals surface area (Å²) in [5.41, 5.74) is 8.17. The van der Waals surface area contributed by atoms with Crippen molar-refractivity contribution < 1.29 is 4.79 Å². The van der Waals surface area contributed by atoms with Crippen LogP contribution in [0, 0.1) is 11.3 Å². The lowest BCUT2D eigenvalue weighted by molar-refractivity contribution is -0.112. The van der Waals surface area contributed by atoms with Gasteiger partial charge in [-0.2, -0.15) is 5.26 Å². The molecule has 6 nitrogen and oxygen atoms in total. The third-order valence-corrected chi connectivity index (χ3v) is 3.66. The Balaban J connectivity index is 2.13. The van der Waals surface area contributed by atoms with Crippen LogP contribution in [-0.2, 0) is 4.79 Å². The van der Waals surface area contributed by atoms with Crippen LogP contribution in [0.5, 0.6) is 0 Å². The van der Waals surface area contributed by atoms with Gasteiger partial charge in [-0.1, -0.05) is 17.7 Å². The Hall–Kier alpha value is -3.17. The molecule has 25 heavy (non-hydrogen) atoms. The van der Waals surface area contributed by atoms with Crippen LogP contribution in [0.3, 0.4) is 0 Å². The predicted octanol–water partition coefficient (Wildman–Crippen LogP) is 3.45. The van der Waals surface area contributed by atoms with Crippen LogP contribution in [0.1, 0.15) is 0 Å². The fourth-order valence-electron chi connectivity index (χ4n) is 2.00. The topological polar surface area (TPSA) is 94.2 Å². The number of nitrogens with two attached hydrogens (primary N) is 1. The van der Waals surface area contributed by atoms with Crippen molar-refractivity contribution in [3.8, 4) is 6.07 Å². The Bertz CT molecular complexity index is 855. The molecule has 0 atom stereocenters. The Labute approximate surface area is 151 Å². The van der Waals surface area contributed by atoms with E-state index in [2.05, 4.69) is 10.6 Å². The monoisotopic (exact) mass is 355 g/mol. The molecule has 2 rings (SSSR count). The minimum Gasteiger partial charge on any atom is -0.399 e. The first kappa shape index (κ1) is 18.2. The molecule has 0 bridgehead atoms. The highest BCUT2D eigenvalue weighted by molar-refractivity contribution is 6.34. The molecule has 0 heterocycles. The molecule has 0 fully saturated rings. The van der Waals surface area contributed by atoms with E-state index in [1.54, 1.807) is 12.1 Å². The standard InChI is InChI=1S/C18H18ClN5O/c1-24(2)15-5-3-4-14(9-15)22-11-12(10-20)18(25)23-17-7-6-13(21)8-16(17)19/h3-9,11,22H,21H2,1-2H3,(H,23,25)/b12-11-. The van der Waals surface area contributed by atoms with Crippen LogP contribution >= 0.6 is 11.6 Å². The summed E-state index contributed by atoms with van der Waals surface area (Å²) in [5.74, 6) is -0.564. The largest absolute Gasteiger partial charge is 0.399 e. The van der Waals surface area contributed by atoms with Gasteiger partial charge in [0.15, 0.2) is 0 Å². The summed E-state index contributed by atoms with van der Waals surface area (Å²) in [4.78, 5) is 14.2. The molecule has 128 valence electrons. The van der Waals surface area contributed by atoms with E-state index in [0.29, 0.717) is 16.4 Å². The molecule has 7 heteroatoms. The number of amides is 1. The van der Waals surface area contributed by atoms with Crippen molar-refractivity contribution in [1.82, 2.24) is 0 Å². The van der Waals surface area contributed by atoms with E-state index in [0.717, 1.165) is 11.4 Å². The third-order valence-electron chi connectivity index (χ3n) is 3.35. The van der Waals surface area contributed by atoms with E-state index in [1.807, 2.05) is 49.3 Å². The Morgan fingerprint density at radius 3 is 2.68 bits per heavy atom. The lowest BCUT2D eigenvalue weighted by Crippen LogP contribution is -2.15. The van der Waals surface area contributed by atoms with Crippen molar-refractivity contribution in [3.05, 3.63) is 59.3 Å². The minimum absolute atomic E-state index is 0.0804. The Morgan fingerprint density at radius 1 is 1.28 bits per heavy atom. The summed E-state index contributed by atoms with van der Waals surface area (Å²) < 4.78 is 0. The fraction of sp³-hybridized carbons (Fsp3) is 0.111. The van der Waals surface area contributed by atoms with E-state index in [9.17, 15) is 10.1 Å². The average molecular weight is 356 g/mol. The molecule has 0 radical (unpaired) electrons. The van der Waals surface area contributed by atoms with Gasteiger partial charge in [0.2, 0.25) is 0 Å². The lowest BCUT2D eigenvalue weighted by atomic mass is 10.2. The first-order valence-electron chi connectivity index (χ1n) is 7.41. The van der Waals surface area contributed by atoms with Gasteiger partial charge in [-0.3, -0.25) is 4.79 Å². The third kappa shape index (κ3) is 4.90. The second-order valence-corrected chi connectivity index (χ2v) is 5.86. The molecule has 0 aliphatic rings. The average Bonchev–Trinajstić information content (AvgIpc) is 2.58. The lowest BCUT2D eigenvalue weighted by Gasteiger charge is -2.13. The molecular formula is C18H18ClN5O. The number of anilines is 4. The summed E-state index contributed by atoms with van der Waals surface area (Å²) in [6.07, 6.45) is 1.36. The summed E-state index contributed by atoms with van der Waals surface area (Å²) in [6.45, 7) is 0. The van der Waals surface area contributed by atoms with Crippen LogP contribution in [-0.4, -0.2) is 20.0 Å². The molecule has 2 aromatic carbocycles. The molecule has 1 amide bonds. The first-order valence-corrected chi connectivity index (χ1v) is 7.79. The molecule has 0 spiro atoms. The highest BCUT2D eigenvalue weighted by atomic mass is 35.5. The number of nitrogens with one attached hydrogen (secondary N) is 2. The maximum absolute atomic E-state index is 12.2. The molecule has 2 aromatic rings. The molecule has 0 aliphatic heterocycles. The molecule has 0 unspecified atom stereocenters. The van der Waals surface area contributed by atoms with Gasteiger partial charge in [0.1, 0.15) is 11.6 Å². The van der Waals surface area contributed by atoms with Gasteiger partial charge in [-0.15, -0.1) is 0 Å². The zero-order chi connectivity index (χ0) is 18.4. The van der Waals surface area contributed by atoms with Gasteiger partial charge < -0.3 is 21.3 Å². The van der Waals surface area contributed by atoms with Gasteiger partial charge in [0.25, 0.3) is 5.91 Å². The Morgan fingerprint density at radius 2 is 2.04 bits per heavy atom. The molecule has 4 N–H and O–H groups in total. The number of hydrogen-bond acceptors (Lipinski definition) is 5. The van der Waals surface area contributed by atoms with E-state index in [-0.39, 0.29) is 5.57 Å². The van der Waals surface area contributed by atoms with Crippen molar-refractivity contribution in [3.63, 3.8) is 0 Å². The number of carbonyl (C=O) groups is 1. The zero-order valence-electron chi connectivity index (χ0n) is 13.9. The van der Waals surface area contributed by atoms with Crippen LogP contribution in [0.2, 0.25) is 5.02 Å². The number of hydrogen-bond donors (Lipinski definition) is 3. The zero-order valence-corrected chi connectivity index (χ0v) is 14.6. The molecule has 0 saturated carbocycles. The number of nitriles is 1. The van der Waals surface area contributed by atoms with Gasteiger partial charge in [0.05, 0.1) is 10.7 Å². The van der Waals surface area contributed by atoms with Crippen molar-refractivity contribution >= 4 is 40.3 Å².